The summed E-state index contributed by atoms with van der Waals surface area (Å²) in [5.74, 6) is -1.73. The molecule has 1 saturated heterocycles. The number of hydrogen-bond acceptors (Lipinski definition) is 3. The molecule has 1 unspecified atom stereocenters. The molecule has 1 saturated carbocycles. The van der Waals surface area contributed by atoms with Crippen molar-refractivity contribution in [2.24, 2.45) is 5.92 Å². The molecule has 0 bridgehead atoms. The van der Waals surface area contributed by atoms with Crippen LogP contribution in [0, 0.1) is 5.92 Å². The van der Waals surface area contributed by atoms with Crippen molar-refractivity contribution >= 4 is 17.8 Å². The van der Waals surface area contributed by atoms with E-state index in [0.717, 1.165) is 12.8 Å². The molecule has 2 atom stereocenters. The highest BCUT2D eigenvalue weighted by Gasteiger charge is 2.42. The molecule has 1 aliphatic heterocycles. The fourth-order valence-electron chi connectivity index (χ4n) is 2.27. The average molecular weight is 254 g/mol. The van der Waals surface area contributed by atoms with E-state index < -0.39 is 17.9 Å². The Balaban J connectivity index is 1.90. The quantitative estimate of drug-likeness (QED) is 0.721. The van der Waals surface area contributed by atoms with Gasteiger partial charge in [0, 0.05) is 19.0 Å². The second-order valence-electron chi connectivity index (χ2n) is 4.99. The third kappa shape index (κ3) is 2.63. The lowest BCUT2D eigenvalue weighted by Gasteiger charge is -2.17. The molecule has 6 nitrogen and oxygen atoms in total. The van der Waals surface area contributed by atoms with Crippen molar-refractivity contribution in [3.63, 3.8) is 0 Å². The number of amides is 2. The Labute approximate surface area is 105 Å². The SMILES string of the molecule is CC[C@H](NC(=O)C1CC(=O)N(C2CC2)C1)C(=O)O. The van der Waals surface area contributed by atoms with Crippen LogP contribution in [0.15, 0.2) is 0 Å². The molecule has 6 heteroatoms. The fraction of sp³-hybridized carbons (Fsp3) is 0.750. The van der Waals surface area contributed by atoms with Gasteiger partial charge in [-0.25, -0.2) is 4.79 Å². The number of carbonyl (C=O) groups excluding carboxylic acids is 2. The van der Waals surface area contributed by atoms with Crippen molar-refractivity contribution in [1.82, 2.24) is 10.2 Å². The van der Waals surface area contributed by atoms with E-state index in [0.29, 0.717) is 19.0 Å². The first-order valence-corrected chi connectivity index (χ1v) is 6.35. The molecule has 2 fully saturated rings. The molecule has 2 amide bonds. The second kappa shape index (κ2) is 4.96. The molecule has 2 aliphatic rings. The predicted molar refractivity (Wildman–Crippen MR) is 62.7 cm³/mol. The van der Waals surface area contributed by atoms with Crippen molar-refractivity contribution in [2.45, 2.75) is 44.7 Å². The molecule has 1 aliphatic carbocycles. The largest absolute Gasteiger partial charge is 0.480 e. The minimum Gasteiger partial charge on any atom is -0.480 e. The van der Waals surface area contributed by atoms with Gasteiger partial charge in [-0.1, -0.05) is 6.92 Å². The van der Waals surface area contributed by atoms with Gasteiger partial charge in [0.2, 0.25) is 11.8 Å². The van der Waals surface area contributed by atoms with E-state index >= 15 is 0 Å². The molecule has 1 heterocycles. The van der Waals surface area contributed by atoms with E-state index in [-0.39, 0.29) is 18.2 Å². The van der Waals surface area contributed by atoms with Crippen molar-refractivity contribution in [3.8, 4) is 0 Å². The number of nitrogens with zero attached hydrogens (tertiary/aromatic N) is 1. The van der Waals surface area contributed by atoms with Gasteiger partial charge >= 0.3 is 5.97 Å². The third-order valence-corrected chi connectivity index (χ3v) is 3.54. The van der Waals surface area contributed by atoms with Crippen LogP contribution in [0.3, 0.4) is 0 Å². The minimum atomic E-state index is -1.03. The van der Waals surface area contributed by atoms with Gasteiger partial charge in [-0.15, -0.1) is 0 Å². The van der Waals surface area contributed by atoms with Crippen LogP contribution in [0.2, 0.25) is 0 Å². The Morgan fingerprint density at radius 3 is 2.67 bits per heavy atom. The number of likely N-dealkylation sites (tertiary alicyclic amines) is 1. The number of nitrogens with one attached hydrogen (secondary N) is 1. The van der Waals surface area contributed by atoms with Crippen LogP contribution in [0.4, 0.5) is 0 Å². The van der Waals surface area contributed by atoms with Crippen LogP contribution >= 0.6 is 0 Å². The second-order valence-corrected chi connectivity index (χ2v) is 4.99. The van der Waals surface area contributed by atoms with Gasteiger partial charge < -0.3 is 15.3 Å². The van der Waals surface area contributed by atoms with E-state index in [1.165, 1.54) is 0 Å². The van der Waals surface area contributed by atoms with Crippen molar-refractivity contribution in [1.29, 1.82) is 0 Å². The Morgan fingerprint density at radius 2 is 2.17 bits per heavy atom. The van der Waals surface area contributed by atoms with Crippen molar-refractivity contribution < 1.29 is 19.5 Å². The summed E-state index contributed by atoms with van der Waals surface area (Å²) in [5, 5.41) is 11.4. The van der Waals surface area contributed by atoms with Crippen molar-refractivity contribution in [3.05, 3.63) is 0 Å². The van der Waals surface area contributed by atoms with Gasteiger partial charge in [-0.3, -0.25) is 9.59 Å². The standard InChI is InChI=1S/C12H18N2O4/c1-2-9(12(17)18)13-11(16)7-5-10(15)14(6-7)8-3-4-8/h7-9H,2-6H2,1H3,(H,13,16)(H,17,18)/t7?,9-/m0/s1. The maximum atomic E-state index is 11.9. The molecule has 2 N–H and O–H groups in total. The number of hydrogen-bond donors (Lipinski definition) is 2. The highest BCUT2D eigenvalue weighted by molar-refractivity contribution is 5.91. The summed E-state index contributed by atoms with van der Waals surface area (Å²) >= 11 is 0. The van der Waals surface area contributed by atoms with Gasteiger partial charge in [0.1, 0.15) is 6.04 Å². The topological polar surface area (TPSA) is 86.7 Å². The highest BCUT2D eigenvalue weighted by Crippen LogP contribution is 2.32. The predicted octanol–water partition coefficient (Wildman–Crippen LogP) is -0.0233. The summed E-state index contributed by atoms with van der Waals surface area (Å²) in [5.41, 5.74) is 0. The van der Waals surface area contributed by atoms with Crippen LogP contribution in [0.1, 0.15) is 32.6 Å². The average Bonchev–Trinajstić information content (AvgIpc) is 3.08. The first-order chi connectivity index (χ1) is 8.52. The lowest BCUT2D eigenvalue weighted by Crippen LogP contribution is -2.43. The highest BCUT2D eigenvalue weighted by atomic mass is 16.4. The minimum absolute atomic E-state index is 0.0148. The molecule has 0 aromatic carbocycles. The van der Waals surface area contributed by atoms with Gasteiger partial charge in [0.25, 0.3) is 0 Å². The first kappa shape index (κ1) is 12.9. The number of carbonyl (C=O) groups is 3. The van der Waals surface area contributed by atoms with E-state index in [9.17, 15) is 14.4 Å². The van der Waals surface area contributed by atoms with Gasteiger partial charge in [0.05, 0.1) is 5.92 Å². The molecular formula is C12H18N2O4. The normalized spacial score (nSPS) is 25.1. The van der Waals surface area contributed by atoms with Crippen molar-refractivity contribution in [2.75, 3.05) is 6.54 Å². The summed E-state index contributed by atoms with van der Waals surface area (Å²) in [4.78, 5) is 36.2. The summed E-state index contributed by atoms with van der Waals surface area (Å²) in [6.45, 7) is 2.14. The van der Waals surface area contributed by atoms with Crippen LogP contribution in [0.5, 0.6) is 0 Å². The molecule has 100 valence electrons. The summed E-state index contributed by atoms with van der Waals surface area (Å²) in [6, 6.07) is -0.542. The van der Waals surface area contributed by atoms with Crippen LogP contribution in [0.25, 0.3) is 0 Å². The Morgan fingerprint density at radius 1 is 1.50 bits per heavy atom. The Kier molecular flexibility index (Phi) is 3.54. The monoisotopic (exact) mass is 254 g/mol. The van der Waals surface area contributed by atoms with Gasteiger partial charge in [-0.2, -0.15) is 0 Å². The molecule has 0 aromatic heterocycles. The summed E-state index contributed by atoms with van der Waals surface area (Å²) in [6.07, 6.45) is 2.59. The Hall–Kier alpha value is -1.59. The van der Waals surface area contributed by atoms with Gasteiger partial charge in [0.15, 0.2) is 0 Å². The smallest absolute Gasteiger partial charge is 0.326 e. The third-order valence-electron chi connectivity index (χ3n) is 3.54. The van der Waals surface area contributed by atoms with Crippen LogP contribution in [-0.4, -0.2) is 46.4 Å². The molecular weight excluding hydrogens is 236 g/mol. The summed E-state index contributed by atoms with van der Waals surface area (Å²) in [7, 11) is 0. The van der Waals surface area contributed by atoms with Crippen LogP contribution in [-0.2, 0) is 14.4 Å². The number of aliphatic carboxylic acids is 1. The molecule has 0 radical (unpaired) electrons. The maximum absolute atomic E-state index is 11.9. The van der Waals surface area contributed by atoms with E-state index in [1.807, 2.05) is 0 Å². The number of carboxylic acids is 1. The zero-order chi connectivity index (χ0) is 13.3. The fourth-order valence-corrected chi connectivity index (χ4v) is 2.27. The Bertz CT molecular complexity index is 378. The lowest BCUT2D eigenvalue weighted by molar-refractivity contribution is -0.142. The molecule has 0 aromatic rings. The zero-order valence-corrected chi connectivity index (χ0v) is 10.4. The first-order valence-electron chi connectivity index (χ1n) is 6.35. The van der Waals surface area contributed by atoms with Gasteiger partial charge in [-0.05, 0) is 19.3 Å². The maximum Gasteiger partial charge on any atom is 0.326 e. The number of carboxylic acid groups (broad SMARTS) is 1. The molecule has 2 rings (SSSR count). The lowest BCUT2D eigenvalue weighted by atomic mass is 10.1. The summed E-state index contributed by atoms with van der Waals surface area (Å²) < 4.78 is 0. The van der Waals surface area contributed by atoms with E-state index in [4.69, 9.17) is 5.11 Å². The zero-order valence-electron chi connectivity index (χ0n) is 10.4. The van der Waals surface area contributed by atoms with Crippen LogP contribution < -0.4 is 5.32 Å². The number of rotatable bonds is 5. The molecule has 18 heavy (non-hydrogen) atoms. The van der Waals surface area contributed by atoms with E-state index in [1.54, 1.807) is 11.8 Å². The van der Waals surface area contributed by atoms with E-state index in [2.05, 4.69) is 5.32 Å². The molecule has 0 spiro atoms.